The van der Waals surface area contributed by atoms with Crippen LogP contribution in [0.2, 0.25) is 20.1 Å². The van der Waals surface area contributed by atoms with Gasteiger partial charge in [0.25, 0.3) is 11.8 Å². The van der Waals surface area contributed by atoms with E-state index in [0.717, 1.165) is 30.4 Å². The molecule has 9 nitrogen and oxygen atoms in total. The summed E-state index contributed by atoms with van der Waals surface area (Å²) in [6, 6.07) is 21.1. The minimum absolute atomic E-state index is 0.0960. The van der Waals surface area contributed by atoms with Crippen LogP contribution in [-0.4, -0.2) is 34.9 Å². The molecule has 0 bridgehead atoms. The average Bonchev–Trinajstić information content (AvgIpc) is 3.53. The summed E-state index contributed by atoms with van der Waals surface area (Å²) in [5, 5.41) is 7.21. The molecule has 1 saturated heterocycles. The van der Waals surface area contributed by atoms with Gasteiger partial charge in [0.05, 0.1) is 26.4 Å². The van der Waals surface area contributed by atoms with Gasteiger partial charge in [0.15, 0.2) is 6.10 Å². The number of halogens is 4. The molecule has 14 heteroatoms. The van der Waals surface area contributed by atoms with E-state index < -0.39 is 17.3 Å². The smallest absolute Gasteiger partial charge is 0.267 e. The molecule has 0 aromatic heterocycles. The molecule has 4 aromatic carbocycles. The largest absolute Gasteiger partial charge is 0.480 e. The highest BCUT2D eigenvalue weighted by Crippen LogP contribution is 2.41. The maximum absolute atomic E-state index is 14.5. The molecule has 3 unspecified atom stereocenters. The third-order valence-corrected chi connectivity index (χ3v) is 13.4. The third kappa shape index (κ3) is 14.5. The molecule has 1 aliphatic heterocycles. The number of para-hydroxylation sites is 1. The van der Waals surface area contributed by atoms with Crippen LogP contribution in [0.1, 0.15) is 115 Å². The number of aliphatic imine (C=N–C) groups is 1. The predicted octanol–water partition coefficient (Wildman–Crippen LogP) is 14.7. The first-order valence-corrected chi connectivity index (χ1v) is 24.4. The number of aryl methyl sites for hydroxylation is 2. The molecule has 3 atom stereocenters. The van der Waals surface area contributed by atoms with Crippen LogP contribution in [0.5, 0.6) is 5.75 Å². The summed E-state index contributed by atoms with van der Waals surface area (Å²) in [4.78, 5) is 47.0. The molecule has 0 saturated carbocycles. The first kappa shape index (κ1) is 50.1. The topological polar surface area (TPSA) is 112 Å². The number of thioether (sulfide) groups is 1. The third-order valence-electron chi connectivity index (χ3n) is 11.0. The SMILES string of the molecule is CCCCCCCCCCCCCC(=O)Nc1ccc(Cl)c(N=C2NN(c3c(Cl)cc(Cl)cc3Cl)C(=O)C2Sc2ccccc2NC(=O)C(Oc2ccc(C)cc2C)C(C)CC)c1. The van der Waals surface area contributed by atoms with E-state index in [-0.39, 0.29) is 39.3 Å². The highest BCUT2D eigenvalue weighted by molar-refractivity contribution is 8.01. The van der Waals surface area contributed by atoms with Crippen LogP contribution in [0.25, 0.3) is 0 Å². The molecule has 63 heavy (non-hydrogen) atoms. The Bertz CT molecular complexity index is 2220. The van der Waals surface area contributed by atoms with Gasteiger partial charge in [-0.1, -0.05) is 161 Å². The number of hydrogen-bond acceptors (Lipinski definition) is 6. The van der Waals surface area contributed by atoms with Crippen molar-refractivity contribution >= 4 is 104 Å². The molecule has 0 spiro atoms. The van der Waals surface area contributed by atoms with Crippen LogP contribution in [0.4, 0.5) is 22.7 Å². The highest BCUT2D eigenvalue weighted by atomic mass is 35.5. The summed E-state index contributed by atoms with van der Waals surface area (Å²) in [7, 11) is 0. The second kappa shape index (κ2) is 24.9. The first-order valence-electron chi connectivity index (χ1n) is 22.0. The van der Waals surface area contributed by atoms with Gasteiger partial charge in [-0.3, -0.25) is 19.8 Å². The highest BCUT2D eigenvalue weighted by Gasteiger charge is 2.41. The van der Waals surface area contributed by atoms with Crippen LogP contribution >= 0.6 is 58.2 Å². The van der Waals surface area contributed by atoms with Gasteiger partial charge in [-0.05, 0) is 80.8 Å². The van der Waals surface area contributed by atoms with Crippen molar-refractivity contribution in [2.75, 3.05) is 15.6 Å². The van der Waals surface area contributed by atoms with Crippen molar-refractivity contribution in [1.29, 1.82) is 0 Å². The molecule has 1 heterocycles. The number of amides is 3. The Morgan fingerprint density at radius 3 is 2.11 bits per heavy atom. The van der Waals surface area contributed by atoms with Crippen molar-refractivity contribution in [2.24, 2.45) is 10.9 Å². The van der Waals surface area contributed by atoms with E-state index in [1.807, 2.05) is 64.1 Å². The van der Waals surface area contributed by atoms with E-state index in [1.165, 1.54) is 80.3 Å². The fraction of sp³-hybridized carbons (Fsp3) is 0.429. The van der Waals surface area contributed by atoms with Crippen molar-refractivity contribution in [3.8, 4) is 5.75 Å². The number of anilines is 3. The molecular formula is C49H59Cl4N5O4S. The number of hydrogen-bond donors (Lipinski definition) is 3. The zero-order valence-corrected chi connectivity index (χ0v) is 40.6. The molecule has 1 aliphatic rings. The Kier molecular flexibility index (Phi) is 19.8. The summed E-state index contributed by atoms with van der Waals surface area (Å²) in [6.07, 6.45) is 13.5. The van der Waals surface area contributed by atoms with Gasteiger partial charge < -0.3 is 15.4 Å². The summed E-state index contributed by atoms with van der Waals surface area (Å²) in [6.45, 7) is 10.2. The summed E-state index contributed by atoms with van der Waals surface area (Å²) < 4.78 is 6.37. The van der Waals surface area contributed by atoms with Crippen molar-refractivity contribution in [3.63, 3.8) is 0 Å². The number of ether oxygens (including phenoxy) is 1. The van der Waals surface area contributed by atoms with E-state index in [4.69, 9.17) is 56.1 Å². The normalized spacial score (nSPS) is 15.3. The summed E-state index contributed by atoms with van der Waals surface area (Å²) in [5.41, 5.74) is 6.67. The van der Waals surface area contributed by atoms with Crippen molar-refractivity contribution in [3.05, 3.63) is 104 Å². The van der Waals surface area contributed by atoms with Gasteiger partial charge in [0.2, 0.25) is 5.91 Å². The van der Waals surface area contributed by atoms with Gasteiger partial charge >= 0.3 is 0 Å². The number of rotatable bonds is 23. The second-order valence-corrected chi connectivity index (χ2v) is 19.0. The minimum Gasteiger partial charge on any atom is -0.480 e. The molecule has 1 fully saturated rings. The van der Waals surface area contributed by atoms with Crippen LogP contribution in [0.15, 0.2) is 82.7 Å². The van der Waals surface area contributed by atoms with Crippen molar-refractivity contribution in [1.82, 2.24) is 5.43 Å². The van der Waals surface area contributed by atoms with E-state index in [0.29, 0.717) is 50.6 Å². The molecule has 338 valence electrons. The number of benzene rings is 4. The molecule has 3 N–H and O–H groups in total. The lowest BCUT2D eigenvalue weighted by Gasteiger charge is -2.25. The molecule has 4 aromatic rings. The number of nitrogens with zero attached hydrogens (tertiary/aromatic N) is 2. The lowest BCUT2D eigenvalue weighted by molar-refractivity contribution is -0.125. The molecular weight excluding hydrogens is 896 g/mol. The molecule has 0 radical (unpaired) electrons. The summed E-state index contributed by atoms with van der Waals surface area (Å²) >= 11 is 27.4. The predicted molar refractivity (Wildman–Crippen MR) is 265 cm³/mol. The van der Waals surface area contributed by atoms with Gasteiger partial charge in [-0.25, -0.2) is 10.0 Å². The average molecular weight is 956 g/mol. The van der Waals surface area contributed by atoms with Crippen LogP contribution in [0, 0.1) is 19.8 Å². The minimum atomic E-state index is -0.988. The van der Waals surface area contributed by atoms with E-state index in [1.54, 1.807) is 24.3 Å². The zero-order valence-electron chi connectivity index (χ0n) is 36.8. The maximum atomic E-state index is 14.5. The Morgan fingerprint density at radius 1 is 0.810 bits per heavy atom. The number of carbonyl (C=O) groups is 3. The van der Waals surface area contributed by atoms with E-state index in [2.05, 4.69) is 23.0 Å². The molecule has 3 amide bonds. The van der Waals surface area contributed by atoms with E-state index >= 15 is 0 Å². The van der Waals surface area contributed by atoms with Gasteiger partial charge in [-0.15, -0.1) is 11.8 Å². The number of amidine groups is 1. The standard InChI is InChI=1S/C49H59Cl4N5O4S/c1-6-8-9-10-11-12-13-14-15-16-17-22-43(59)54-35-24-25-36(51)40(30-35)55-47-46(49(61)58(57-47)44-37(52)28-34(50)29-38(44)53)63-42-21-19-18-20-39(42)56-48(60)45(32(4)7-2)62-41-26-23-31(3)27-33(41)5/h18-21,23-30,32,45-46H,6-17,22H2,1-5H3,(H,54,59)(H,55,57)(H,56,60). The fourth-order valence-corrected chi connectivity index (χ4v) is 9.49. The number of nitrogens with one attached hydrogen (secondary N) is 3. The first-order chi connectivity index (χ1) is 30.3. The molecule has 5 rings (SSSR count). The Morgan fingerprint density at radius 2 is 1.46 bits per heavy atom. The van der Waals surface area contributed by atoms with Crippen LogP contribution in [0.3, 0.4) is 0 Å². The lowest BCUT2D eigenvalue weighted by atomic mass is 10.0. The summed E-state index contributed by atoms with van der Waals surface area (Å²) in [5.74, 6) is -0.107. The van der Waals surface area contributed by atoms with Crippen LogP contribution < -0.4 is 25.8 Å². The number of unbranched alkanes of at least 4 members (excludes halogenated alkanes) is 10. The maximum Gasteiger partial charge on any atom is 0.267 e. The van der Waals surface area contributed by atoms with Gasteiger partial charge in [0.1, 0.15) is 22.5 Å². The van der Waals surface area contributed by atoms with Gasteiger partial charge in [0, 0.05) is 27.9 Å². The van der Waals surface area contributed by atoms with Crippen molar-refractivity contribution in [2.45, 2.75) is 134 Å². The number of hydrazine groups is 1. The van der Waals surface area contributed by atoms with Gasteiger partial charge in [-0.2, -0.15) is 0 Å². The van der Waals surface area contributed by atoms with Crippen LogP contribution in [-0.2, 0) is 14.4 Å². The quantitative estimate of drug-likeness (QED) is 0.0639. The fourth-order valence-electron chi connectivity index (χ4n) is 7.26. The number of carbonyl (C=O) groups excluding carboxylic acids is 3. The van der Waals surface area contributed by atoms with Crippen molar-refractivity contribution < 1.29 is 19.1 Å². The second-order valence-electron chi connectivity index (χ2n) is 16.2. The lowest BCUT2D eigenvalue weighted by Crippen LogP contribution is -2.38. The Hall–Kier alpha value is -3.93. The van der Waals surface area contributed by atoms with E-state index in [9.17, 15) is 14.4 Å². The Balaban J connectivity index is 1.34. The monoisotopic (exact) mass is 953 g/mol. The zero-order chi connectivity index (χ0) is 45.5. The molecule has 0 aliphatic carbocycles. The Labute approximate surface area is 397 Å².